The highest BCUT2D eigenvalue weighted by atomic mass is 19.4. The van der Waals surface area contributed by atoms with Crippen molar-refractivity contribution in [3.05, 3.63) is 78.1 Å². The van der Waals surface area contributed by atoms with Crippen LogP contribution in [0.1, 0.15) is 5.56 Å². The van der Waals surface area contributed by atoms with Gasteiger partial charge in [0.25, 0.3) is 0 Å². The van der Waals surface area contributed by atoms with Gasteiger partial charge in [0.1, 0.15) is 11.6 Å². The Morgan fingerprint density at radius 2 is 1.24 bits per heavy atom. The van der Waals surface area contributed by atoms with Gasteiger partial charge in [-0.15, -0.1) is 13.2 Å². The second-order valence-corrected chi connectivity index (χ2v) is 5.63. The van der Waals surface area contributed by atoms with Crippen LogP contribution in [0.3, 0.4) is 0 Å². The maximum Gasteiger partial charge on any atom is 0.573 e. The van der Waals surface area contributed by atoms with Gasteiger partial charge in [-0.25, -0.2) is 4.39 Å². The van der Waals surface area contributed by atoms with Crippen molar-refractivity contribution in [2.24, 2.45) is 0 Å². The van der Waals surface area contributed by atoms with Crippen molar-refractivity contribution in [3.8, 4) is 28.0 Å². The van der Waals surface area contributed by atoms with Gasteiger partial charge in [0.05, 0.1) is 0 Å². The Morgan fingerprint density at radius 3 is 1.76 bits per heavy atom. The lowest BCUT2D eigenvalue weighted by molar-refractivity contribution is -0.274. The average Bonchev–Trinajstić information content (AvgIpc) is 2.54. The lowest BCUT2D eigenvalue weighted by Crippen LogP contribution is -2.16. The molecular formula is C20H14F4O. The smallest absolute Gasteiger partial charge is 0.406 e. The molecule has 25 heavy (non-hydrogen) atoms. The molecule has 0 aliphatic heterocycles. The summed E-state index contributed by atoms with van der Waals surface area (Å²) in [5, 5.41) is 0. The standard InChI is InChI=1S/C20H14F4O/c1-13-2-11-18(19(21)12-13)16-5-3-14(4-6-16)15-7-9-17(10-8-15)25-20(22,23)24/h2-12H,1H3. The first-order chi connectivity index (χ1) is 11.8. The summed E-state index contributed by atoms with van der Waals surface area (Å²) in [4.78, 5) is 0. The molecule has 0 bridgehead atoms. The number of benzene rings is 3. The third-order valence-corrected chi connectivity index (χ3v) is 3.74. The molecule has 0 aliphatic carbocycles. The second kappa shape index (κ2) is 6.59. The van der Waals surface area contributed by atoms with Crippen molar-refractivity contribution in [2.45, 2.75) is 13.3 Å². The number of hydrogen-bond acceptors (Lipinski definition) is 1. The summed E-state index contributed by atoms with van der Waals surface area (Å²) in [6.07, 6.45) is -4.71. The fourth-order valence-electron chi connectivity index (χ4n) is 2.55. The summed E-state index contributed by atoms with van der Waals surface area (Å²) in [5.74, 6) is -0.559. The molecule has 0 aliphatic rings. The fraction of sp³-hybridized carbons (Fsp3) is 0.100. The molecule has 5 heteroatoms. The van der Waals surface area contributed by atoms with Crippen LogP contribution in [0.5, 0.6) is 5.75 Å². The normalized spacial score (nSPS) is 11.4. The van der Waals surface area contributed by atoms with E-state index >= 15 is 0 Å². The number of aryl methyl sites for hydroxylation is 1. The van der Waals surface area contributed by atoms with Gasteiger partial charge in [0.2, 0.25) is 0 Å². The number of rotatable bonds is 3. The Balaban J connectivity index is 1.82. The van der Waals surface area contributed by atoms with E-state index in [9.17, 15) is 17.6 Å². The highest BCUT2D eigenvalue weighted by molar-refractivity contribution is 5.71. The highest BCUT2D eigenvalue weighted by Crippen LogP contribution is 2.29. The number of ether oxygens (including phenoxy) is 1. The maximum atomic E-state index is 14.0. The predicted octanol–water partition coefficient (Wildman–Crippen LogP) is 6.37. The lowest BCUT2D eigenvalue weighted by Gasteiger charge is -2.10. The molecule has 0 unspecified atom stereocenters. The first-order valence-corrected chi connectivity index (χ1v) is 7.54. The third kappa shape index (κ3) is 4.18. The molecule has 128 valence electrons. The Labute approximate surface area is 142 Å². The van der Waals surface area contributed by atoms with Crippen LogP contribution >= 0.6 is 0 Å². The van der Waals surface area contributed by atoms with E-state index in [1.54, 1.807) is 42.5 Å². The molecule has 0 spiro atoms. The van der Waals surface area contributed by atoms with Gasteiger partial charge in [0.15, 0.2) is 0 Å². The Morgan fingerprint density at radius 1 is 0.720 bits per heavy atom. The summed E-state index contributed by atoms with van der Waals surface area (Å²) >= 11 is 0. The van der Waals surface area contributed by atoms with Crippen molar-refractivity contribution in [1.82, 2.24) is 0 Å². The molecule has 0 fully saturated rings. The zero-order valence-electron chi connectivity index (χ0n) is 13.3. The molecule has 3 aromatic carbocycles. The molecule has 3 aromatic rings. The average molecular weight is 346 g/mol. The molecule has 0 atom stereocenters. The first-order valence-electron chi connectivity index (χ1n) is 7.54. The van der Waals surface area contributed by atoms with Gasteiger partial charge in [-0.3, -0.25) is 0 Å². The minimum atomic E-state index is -4.71. The largest absolute Gasteiger partial charge is 0.573 e. The summed E-state index contributed by atoms with van der Waals surface area (Å²) in [6, 6.07) is 17.8. The Kier molecular flexibility index (Phi) is 4.49. The zero-order valence-corrected chi connectivity index (χ0v) is 13.3. The second-order valence-electron chi connectivity index (χ2n) is 5.63. The summed E-state index contributed by atoms with van der Waals surface area (Å²) in [5.41, 5.74) is 3.64. The SMILES string of the molecule is Cc1ccc(-c2ccc(-c3ccc(OC(F)(F)F)cc3)cc2)c(F)c1. The molecule has 0 saturated heterocycles. The molecule has 0 aromatic heterocycles. The van der Waals surface area contributed by atoms with E-state index in [1.807, 2.05) is 13.0 Å². The minimum absolute atomic E-state index is 0.269. The first kappa shape index (κ1) is 17.0. The molecule has 0 amide bonds. The quantitative estimate of drug-likeness (QED) is 0.501. The van der Waals surface area contributed by atoms with Crippen LogP contribution in [0.15, 0.2) is 66.7 Å². The Hall–Kier alpha value is -2.82. The summed E-state index contributed by atoms with van der Waals surface area (Å²) in [7, 11) is 0. The summed E-state index contributed by atoms with van der Waals surface area (Å²) in [6.45, 7) is 1.82. The lowest BCUT2D eigenvalue weighted by atomic mass is 9.99. The number of halogens is 4. The molecular weight excluding hydrogens is 332 g/mol. The molecule has 0 radical (unpaired) electrons. The summed E-state index contributed by atoms with van der Waals surface area (Å²) < 4.78 is 54.4. The molecule has 0 heterocycles. The van der Waals surface area contributed by atoms with E-state index in [-0.39, 0.29) is 11.6 Å². The van der Waals surface area contributed by atoms with E-state index in [0.717, 1.165) is 22.3 Å². The van der Waals surface area contributed by atoms with Crippen molar-refractivity contribution in [1.29, 1.82) is 0 Å². The van der Waals surface area contributed by atoms with Gasteiger partial charge < -0.3 is 4.74 Å². The van der Waals surface area contributed by atoms with Crippen LogP contribution in [0, 0.1) is 12.7 Å². The van der Waals surface area contributed by atoms with Gasteiger partial charge in [0, 0.05) is 5.56 Å². The van der Waals surface area contributed by atoms with Crippen molar-refractivity contribution in [2.75, 3.05) is 0 Å². The van der Waals surface area contributed by atoms with Gasteiger partial charge in [-0.1, -0.05) is 48.5 Å². The topological polar surface area (TPSA) is 9.23 Å². The maximum absolute atomic E-state index is 14.0. The van der Waals surface area contributed by atoms with Gasteiger partial charge in [-0.2, -0.15) is 0 Å². The van der Waals surface area contributed by atoms with E-state index in [0.29, 0.717) is 5.56 Å². The third-order valence-electron chi connectivity index (χ3n) is 3.74. The van der Waals surface area contributed by atoms with Crippen LogP contribution in [-0.2, 0) is 0 Å². The van der Waals surface area contributed by atoms with Crippen LogP contribution in [0.25, 0.3) is 22.3 Å². The Bertz CT molecular complexity index is 866. The van der Waals surface area contributed by atoms with E-state index in [4.69, 9.17) is 0 Å². The number of hydrogen-bond donors (Lipinski definition) is 0. The van der Waals surface area contributed by atoms with Crippen LogP contribution in [0.4, 0.5) is 17.6 Å². The van der Waals surface area contributed by atoms with Crippen LogP contribution in [0.2, 0.25) is 0 Å². The van der Waals surface area contributed by atoms with Crippen molar-refractivity contribution in [3.63, 3.8) is 0 Å². The molecule has 1 nitrogen and oxygen atoms in total. The molecule has 0 saturated carbocycles. The van der Waals surface area contributed by atoms with Crippen LogP contribution < -0.4 is 4.74 Å². The van der Waals surface area contributed by atoms with E-state index < -0.39 is 6.36 Å². The van der Waals surface area contributed by atoms with Gasteiger partial charge in [-0.05, 0) is 47.4 Å². The molecule has 3 rings (SSSR count). The molecule has 0 N–H and O–H groups in total. The minimum Gasteiger partial charge on any atom is -0.406 e. The number of alkyl halides is 3. The van der Waals surface area contributed by atoms with Crippen molar-refractivity contribution < 1.29 is 22.3 Å². The van der Waals surface area contributed by atoms with Crippen molar-refractivity contribution >= 4 is 0 Å². The van der Waals surface area contributed by atoms with Crippen LogP contribution in [-0.4, -0.2) is 6.36 Å². The van der Waals surface area contributed by atoms with Gasteiger partial charge >= 0.3 is 6.36 Å². The predicted molar refractivity (Wildman–Crippen MR) is 88.7 cm³/mol. The monoisotopic (exact) mass is 346 g/mol. The highest BCUT2D eigenvalue weighted by Gasteiger charge is 2.30. The van der Waals surface area contributed by atoms with E-state index in [2.05, 4.69) is 4.74 Å². The zero-order chi connectivity index (χ0) is 18.0. The van der Waals surface area contributed by atoms with E-state index in [1.165, 1.54) is 18.2 Å². The fourth-order valence-corrected chi connectivity index (χ4v) is 2.55.